The Morgan fingerprint density at radius 2 is 2.20 bits per heavy atom. The van der Waals surface area contributed by atoms with Crippen LogP contribution in [-0.4, -0.2) is 17.9 Å². The number of carbonyl (C=O) groups excluding carboxylic acids is 2. The third-order valence-electron chi connectivity index (χ3n) is 3.11. The maximum Gasteiger partial charge on any atom is 0.331 e. The van der Waals surface area contributed by atoms with E-state index in [2.05, 4.69) is 15.9 Å². The standard InChI is InChI=1S/C15H14BrFO3/c16-11-6-7-12(17)10(9-11)5-8-15(19)20-14-4-2-1-3-13(14)18/h5-9,14H,1-4H2. The van der Waals surface area contributed by atoms with Crippen LogP contribution in [0.5, 0.6) is 0 Å². The molecule has 0 amide bonds. The molecule has 0 N–H and O–H groups in total. The number of rotatable bonds is 3. The van der Waals surface area contributed by atoms with Gasteiger partial charge in [0.2, 0.25) is 0 Å². The summed E-state index contributed by atoms with van der Waals surface area (Å²) in [6.45, 7) is 0. The fourth-order valence-corrected chi connectivity index (χ4v) is 2.43. The lowest BCUT2D eigenvalue weighted by molar-refractivity contribution is -0.152. The smallest absolute Gasteiger partial charge is 0.331 e. The van der Waals surface area contributed by atoms with Crippen LogP contribution in [0.25, 0.3) is 6.08 Å². The Hall–Kier alpha value is -1.49. The van der Waals surface area contributed by atoms with Gasteiger partial charge in [-0.05, 0) is 43.5 Å². The molecule has 20 heavy (non-hydrogen) atoms. The highest BCUT2D eigenvalue weighted by Gasteiger charge is 2.24. The SMILES string of the molecule is O=C(C=Cc1cc(Br)ccc1F)OC1CCCCC1=O. The highest BCUT2D eigenvalue weighted by molar-refractivity contribution is 9.10. The van der Waals surface area contributed by atoms with Gasteiger partial charge in [-0.2, -0.15) is 0 Å². The summed E-state index contributed by atoms with van der Waals surface area (Å²) in [5.74, 6) is -1.08. The summed E-state index contributed by atoms with van der Waals surface area (Å²) >= 11 is 3.23. The number of halogens is 2. The number of Topliss-reactive ketones (excluding diaryl/α,β-unsaturated/α-hetero) is 1. The summed E-state index contributed by atoms with van der Waals surface area (Å²) in [5, 5.41) is 0. The molecule has 0 aliphatic heterocycles. The molecule has 1 fully saturated rings. The van der Waals surface area contributed by atoms with E-state index in [9.17, 15) is 14.0 Å². The Kier molecular flexibility index (Phi) is 5.06. The minimum Gasteiger partial charge on any atom is -0.451 e. The number of hydrogen-bond acceptors (Lipinski definition) is 3. The van der Waals surface area contributed by atoms with Gasteiger partial charge in [-0.1, -0.05) is 15.9 Å². The zero-order chi connectivity index (χ0) is 14.5. The second-order valence-electron chi connectivity index (χ2n) is 4.64. The molecule has 5 heteroatoms. The third-order valence-corrected chi connectivity index (χ3v) is 3.61. The van der Waals surface area contributed by atoms with Crippen molar-refractivity contribution in [2.45, 2.75) is 31.8 Å². The molecule has 2 rings (SSSR count). The van der Waals surface area contributed by atoms with Crippen molar-refractivity contribution in [3.05, 3.63) is 40.1 Å². The average Bonchev–Trinajstić information content (AvgIpc) is 2.42. The van der Waals surface area contributed by atoms with E-state index in [0.717, 1.165) is 23.4 Å². The Labute approximate surface area is 124 Å². The molecular formula is C15H14BrFO3. The van der Waals surface area contributed by atoms with Crippen molar-refractivity contribution in [1.29, 1.82) is 0 Å². The summed E-state index contributed by atoms with van der Waals surface area (Å²) in [6, 6.07) is 4.44. The van der Waals surface area contributed by atoms with Gasteiger partial charge in [-0.15, -0.1) is 0 Å². The summed E-state index contributed by atoms with van der Waals surface area (Å²) in [4.78, 5) is 23.2. The predicted octanol–water partition coefficient (Wildman–Crippen LogP) is 3.66. The molecule has 0 saturated heterocycles. The minimum absolute atomic E-state index is 0.0355. The first-order valence-electron chi connectivity index (χ1n) is 6.43. The predicted molar refractivity (Wildman–Crippen MR) is 76.5 cm³/mol. The van der Waals surface area contributed by atoms with Gasteiger partial charge in [-0.25, -0.2) is 9.18 Å². The van der Waals surface area contributed by atoms with Gasteiger partial charge >= 0.3 is 5.97 Å². The quantitative estimate of drug-likeness (QED) is 0.623. The van der Waals surface area contributed by atoms with Crippen LogP contribution < -0.4 is 0 Å². The van der Waals surface area contributed by atoms with Crippen LogP contribution in [0.15, 0.2) is 28.7 Å². The van der Waals surface area contributed by atoms with Gasteiger partial charge in [0.05, 0.1) is 0 Å². The highest BCUT2D eigenvalue weighted by atomic mass is 79.9. The summed E-state index contributed by atoms with van der Waals surface area (Å²) in [6.07, 6.45) is 4.61. The highest BCUT2D eigenvalue weighted by Crippen LogP contribution is 2.19. The fraction of sp³-hybridized carbons (Fsp3) is 0.333. The molecule has 1 aromatic rings. The summed E-state index contributed by atoms with van der Waals surface area (Å²) < 4.78 is 19.3. The minimum atomic E-state index is -0.645. The van der Waals surface area contributed by atoms with E-state index in [4.69, 9.17) is 4.74 Å². The van der Waals surface area contributed by atoms with E-state index >= 15 is 0 Å². The molecule has 1 saturated carbocycles. The molecule has 1 aromatic carbocycles. The molecule has 0 bridgehead atoms. The largest absolute Gasteiger partial charge is 0.451 e. The van der Waals surface area contributed by atoms with Crippen molar-refractivity contribution in [2.24, 2.45) is 0 Å². The summed E-state index contributed by atoms with van der Waals surface area (Å²) in [5.41, 5.74) is 0.284. The van der Waals surface area contributed by atoms with Crippen LogP contribution in [0.2, 0.25) is 0 Å². The molecule has 0 spiro atoms. The Morgan fingerprint density at radius 3 is 2.95 bits per heavy atom. The molecule has 1 atom stereocenters. The van der Waals surface area contributed by atoms with Gasteiger partial charge in [0.25, 0.3) is 0 Å². The number of ether oxygens (including phenoxy) is 1. The summed E-state index contributed by atoms with van der Waals surface area (Å²) in [7, 11) is 0. The first-order chi connectivity index (χ1) is 9.56. The second kappa shape index (κ2) is 6.79. The van der Waals surface area contributed by atoms with Gasteiger partial charge in [-0.3, -0.25) is 4.79 Å². The number of carbonyl (C=O) groups is 2. The first kappa shape index (κ1) is 14.9. The van der Waals surface area contributed by atoms with E-state index in [1.165, 1.54) is 12.1 Å². The fourth-order valence-electron chi connectivity index (χ4n) is 2.06. The van der Waals surface area contributed by atoms with E-state index in [1.54, 1.807) is 12.1 Å². The van der Waals surface area contributed by atoms with E-state index < -0.39 is 17.9 Å². The van der Waals surface area contributed by atoms with Gasteiger partial charge < -0.3 is 4.74 Å². The normalized spacial score (nSPS) is 19.3. The second-order valence-corrected chi connectivity index (χ2v) is 5.55. The lowest BCUT2D eigenvalue weighted by Crippen LogP contribution is -2.29. The van der Waals surface area contributed by atoms with Crippen LogP contribution in [0.1, 0.15) is 31.2 Å². The van der Waals surface area contributed by atoms with Crippen molar-refractivity contribution in [1.82, 2.24) is 0 Å². The van der Waals surface area contributed by atoms with Crippen molar-refractivity contribution in [3.63, 3.8) is 0 Å². The van der Waals surface area contributed by atoms with Crippen molar-refractivity contribution in [2.75, 3.05) is 0 Å². The molecule has 1 aliphatic rings. The molecule has 0 radical (unpaired) electrons. The lowest BCUT2D eigenvalue weighted by atomic mass is 9.96. The van der Waals surface area contributed by atoms with Crippen molar-refractivity contribution < 1.29 is 18.7 Å². The topological polar surface area (TPSA) is 43.4 Å². The first-order valence-corrected chi connectivity index (χ1v) is 7.22. The maximum absolute atomic E-state index is 13.5. The van der Waals surface area contributed by atoms with Crippen LogP contribution in [0.3, 0.4) is 0 Å². The molecule has 106 valence electrons. The number of esters is 1. The van der Waals surface area contributed by atoms with Crippen LogP contribution in [0, 0.1) is 5.82 Å². The zero-order valence-corrected chi connectivity index (χ0v) is 12.4. The monoisotopic (exact) mass is 340 g/mol. The molecule has 1 aliphatic carbocycles. The molecule has 3 nitrogen and oxygen atoms in total. The van der Waals surface area contributed by atoms with E-state index in [-0.39, 0.29) is 11.3 Å². The Balaban J connectivity index is 1.98. The van der Waals surface area contributed by atoms with E-state index in [1.807, 2.05) is 0 Å². The van der Waals surface area contributed by atoms with Gasteiger partial charge in [0, 0.05) is 22.5 Å². The molecule has 0 aromatic heterocycles. The van der Waals surface area contributed by atoms with Gasteiger partial charge in [0.1, 0.15) is 5.82 Å². The number of benzene rings is 1. The van der Waals surface area contributed by atoms with Crippen molar-refractivity contribution >= 4 is 33.8 Å². The average molecular weight is 341 g/mol. The van der Waals surface area contributed by atoms with Gasteiger partial charge in [0.15, 0.2) is 11.9 Å². The van der Waals surface area contributed by atoms with Crippen LogP contribution in [0.4, 0.5) is 4.39 Å². The lowest BCUT2D eigenvalue weighted by Gasteiger charge is -2.19. The van der Waals surface area contributed by atoms with E-state index in [0.29, 0.717) is 12.8 Å². The zero-order valence-electron chi connectivity index (χ0n) is 10.8. The number of hydrogen-bond donors (Lipinski definition) is 0. The molecule has 0 heterocycles. The third kappa shape index (κ3) is 4.00. The molecular weight excluding hydrogens is 327 g/mol. The van der Waals surface area contributed by atoms with Crippen LogP contribution in [-0.2, 0) is 14.3 Å². The Bertz CT molecular complexity index is 554. The maximum atomic E-state index is 13.5. The Morgan fingerprint density at radius 1 is 1.40 bits per heavy atom. The molecule has 1 unspecified atom stereocenters. The number of ketones is 1. The van der Waals surface area contributed by atoms with Crippen LogP contribution >= 0.6 is 15.9 Å². The van der Waals surface area contributed by atoms with Crippen molar-refractivity contribution in [3.8, 4) is 0 Å².